The van der Waals surface area contributed by atoms with Gasteiger partial charge in [0.15, 0.2) is 0 Å². The van der Waals surface area contributed by atoms with Gasteiger partial charge in [-0.3, -0.25) is 4.79 Å². The number of hydrogen-bond acceptors (Lipinski definition) is 3. The quantitative estimate of drug-likeness (QED) is 0.316. The van der Waals surface area contributed by atoms with E-state index in [1.54, 1.807) is 18.2 Å². The minimum atomic E-state index is -0.453. The van der Waals surface area contributed by atoms with Crippen LogP contribution in [0.25, 0.3) is 11.3 Å². The first kappa shape index (κ1) is 19.7. The summed E-state index contributed by atoms with van der Waals surface area (Å²) >= 11 is 5.92. The molecule has 5 heteroatoms. The molecule has 0 saturated heterocycles. The topological polar surface area (TPSA) is 54.6 Å². The third kappa shape index (κ3) is 4.67. The third-order valence-corrected chi connectivity index (χ3v) is 4.90. The van der Waals surface area contributed by atoms with E-state index in [-0.39, 0.29) is 5.91 Å². The monoisotopic (exact) mass is 414 g/mol. The highest BCUT2D eigenvalue weighted by Gasteiger charge is 2.22. The molecule has 4 aromatic rings. The second-order valence-electron chi connectivity index (χ2n) is 6.70. The zero-order chi connectivity index (χ0) is 20.8. The second kappa shape index (κ2) is 9.25. The average Bonchev–Trinajstić information content (AvgIpc) is 3.25. The molecule has 0 saturated carbocycles. The van der Waals surface area contributed by atoms with Crippen LogP contribution in [-0.4, -0.2) is 12.1 Å². The van der Waals surface area contributed by atoms with Crippen LogP contribution in [0.15, 0.2) is 107 Å². The lowest BCUT2D eigenvalue weighted by Gasteiger charge is -2.16. The van der Waals surface area contributed by atoms with Crippen molar-refractivity contribution in [3.05, 3.63) is 119 Å². The number of amides is 1. The van der Waals surface area contributed by atoms with Crippen LogP contribution in [0.2, 0.25) is 5.02 Å². The van der Waals surface area contributed by atoms with Crippen molar-refractivity contribution in [3.63, 3.8) is 0 Å². The van der Waals surface area contributed by atoms with Crippen LogP contribution in [0, 0.1) is 0 Å². The highest BCUT2D eigenvalue weighted by molar-refractivity contribution is 6.30. The first-order valence-corrected chi connectivity index (χ1v) is 9.87. The Labute approximate surface area is 179 Å². The van der Waals surface area contributed by atoms with Crippen LogP contribution in [0.3, 0.4) is 0 Å². The zero-order valence-electron chi connectivity index (χ0n) is 16.0. The van der Waals surface area contributed by atoms with E-state index >= 15 is 0 Å². The Kier molecular flexibility index (Phi) is 6.06. The molecular formula is C25H19ClN2O2. The van der Waals surface area contributed by atoms with Crippen molar-refractivity contribution in [2.24, 2.45) is 5.10 Å². The van der Waals surface area contributed by atoms with Gasteiger partial charge in [0.25, 0.3) is 5.91 Å². The first-order valence-electron chi connectivity index (χ1n) is 9.49. The van der Waals surface area contributed by atoms with Gasteiger partial charge in [0, 0.05) is 10.6 Å². The van der Waals surface area contributed by atoms with Crippen LogP contribution >= 0.6 is 11.6 Å². The average molecular weight is 415 g/mol. The molecule has 0 atom stereocenters. The number of halogens is 1. The van der Waals surface area contributed by atoms with E-state index in [1.807, 2.05) is 78.9 Å². The van der Waals surface area contributed by atoms with E-state index in [9.17, 15) is 4.79 Å². The van der Waals surface area contributed by atoms with Gasteiger partial charge in [-0.25, -0.2) is 5.43 Å². The molecule has 0 aliphatic rings. The van der Waals surface area contributed by atoms with Gasteiger partial charge in [0.05, 0.1) is 12.1 Å². The first-order chi connectivity index (χ1) is 14.7. The highest BCUT2D eigenvalue weighted by Crippen LogP contribution is 2.25. The molecule has 0 aliphatic heterocycles. The van der Waals surface area contributed by atoms with E-state index in [4.69, 9.17) is 16.0 Å². The molecule has 30 heavy (non-hydrogen) atoms. The summed E-state index contributed by atoms with van der Waals surface area (Å²) < 4.78 is 5.78. The van der Waals surface area contributed by atoms with Gasteiger partial charge in [-0.05, 0) is 47.5 Å². The normalized spacial score (nSPS) is 11.1. The molecular weight excluding hydrogens is 396 g/mol. The molecule has 1 aromatic heterocycles. The molecule has 0 fully saturated rings. The lowest BCUT2D eigenvalue weighted by Crippen LogP contribution is -2.26. The summed E-state index contributed by atoms with van der Waals surface area (Å²) in [7, 11) is 0. The maximum Gasteiger partial charge on any atom is 0.252 e. The highest BCUT2D eigenvalue weighted by atomic mass is 35.5. The number of hydrogen-bond donors (Lipinski definition) is 1. The van der Waals surface area contributed by atoms with E-state index in [0.29, 0.717) is 16.5 Å². The van der Waals surface area contributed by atoms with Gasteiger partial charge in [0.2, 0.25) is 0 Å². The van der Waals surface area contributed by atoms with Crippen molar-refractivity contribution in [2.45, 2.75) is 5.92 Å². The summed E-state index contributed by atoms with van der Waals surface area (Å²) in [4.78, 5) is 12.9. The Bertz CT molecular complexity index is 1100. The predicted octanol–water partition coefficient (Wildman–Crippen LogP) is 5.88. The van der Waals surface area contributed by atoms with E-state index < -0.39 is 5.92 Å². The number of nitrogens with zero attached hydrogens (tertiary/aromatic N) is 1. The molecule has 0 radical (unpaired) electrons. The largest absolute Gasteiger partial charge is 0.455 e. The molecule has 0 unspecified atom stereocenters. The number of benzene rings is 3. The Hall–Kier alpha value is -3.63. The summed E-state index contributed by atoms with van der Waals surface area (Å²) in [6.07, 6.45) is 1.49. The Morgan fingerprint density at radius 3 is 2.03 bits per heavy atom. The van der Waals surface area contributed by atoms with Crippen LogP contribution in [-0.2, 0) is 4.79 Å². The van der Waals surface area contributed by atoms with Gasteiger partial charge in [-0.15, -0.1) is 0 Å². The fourth-order valence-electron chi connectivity index (χ4n) is 3.20. The summed E-state index contributed by atoms with van der Waals surface area (Å²) in [5.41, 5.74) is 5.36. The molecule has 148 valence electrons. The Balaban J connectivity index is 1.48. The molecule has 1 heterocycles. The van der Waals surface area contributed by atoms with Gasteiger partial charge in [0.1, 0.15) is 11.5 Å². The van der Waals surface area contributed by atoms with E-state index in [2.05, 4.69) is 10.5 Å². The van der Waals surface area contributed by atoms with Crippen molar-refractivity contribution in [3.8, 4) is 11.3 Å². The summed E-state index contributed by atoms with van der Waals surface area (Å²) in [5.74, 6) is 0.570. The van der Waals surface area contributed by atoms with Crippen molar-refractivity contribution in [2.75, 3.05) is 0 Å². The number of hydrazone groups is 1. The van der Waals surface area contributed by atoms with Crippen LogP contribution in [0.1, 0.15) is 22.8 Å². The third-order valence-electron chi connectivity index (χ3n) is 4.65. The maximum atomic E-state index is 12.9. The Morgan fingerprint density at radius 2 is 1.43 bits per heavy atom. The van der Waals surface area contributed by atoms with Crippen LogP contribution in [0.5, 0.6) is 0 Å². The van der Waals surface area contributed by atoms with Gasteiger partial charge in [-0.1, -0.05) is 72.3 Å². The predicted molar refractivity (Wildman–Crippen MR) is 120 cm³/mol. The smallest absolute Gasteiger partial charge is 0.252 e. The number of rotatable bonds is 6. The van der Waals surface area contributed by atoms with Crippen molar-refractivity contribution < 1.29 is 9.21 Å². The fraction of sp³-hybridized carbons (Fsp3) is 0.0400. The number of nitrogens with one attached hydrogen (secondary N) is 1. The minimum absolute atomic E-state index is 0.215. The van der Waals surface area contributed by atoms with Gasteiger partial charge < -0.3 is 4.42 Å². The molecule has 0 bridgehead atoms. The molecule has 3 aromatic carbocycles. The summed E-state index contributed by atoms with van der Waals surface area (Å²) in [5, 5.41) is 4.76. The fourth-order valence-corrected chi connectivity index (χ4v) is 3.33. The minimum Gasteiger partial charge on any atom is -0.455 e. The molecule has 1 N–H and O–H groups in total. The van der Waals surface area contributed by atoms with Gasteiger partial charge in [-0.2, -0.15) is 5.10 Å². The molecule has 4 rings (SSSR count). The standard InChI is InChI=1S/C25H19ClN2O2/c26-21-13-11-18(12-14-21)23-16-15-22(30-23)17-27-28-25(29)24(19-7-3-1-4-8-19)20-9-5-2-6-10-20/h1-17,24H,(H,28,29). The van der Waals surface area contributed by atoms with Crippen LogP contribution < -0.4 is 5.43 Å². The molecule has 0 aliphatic carbocycles. The molecule has 4 nitrogen and oxygen atoms in total. The number of carbonyl (C=O) groups excluding carboxylic acids is 1. The van der Waals surface area contributed by atoms with E-state index in [1.165, 1.54) is 6.21 Å². The van der Waals surface area contributed by atoms with Crippen molar-refractivity contribution in [1.82, 2.24) is 5.43 Å². The van der Waals surface area contributed by atoms with Gasteiger partial charge >= 0.3 is 0 Å². The number of carbonyl (C=O) groups is 1. The summed E-state index contributed by atoms with van der Waals surface area (Å²) in [6, 6.07) is 30.3. The second-order valence-corrected chi connectivity index (χ2v) is 7.13. The maximum absolute atomic E-state index is 12.9. The molecule has 0 spiro atoms. The van der Waals surface area contributed by atoms with Crippen molar-refractivity contribution >= 4 is 23.7 Å². The SMILES string of the molecule is O=C(NN=Cc1ccc(-c2ccc(Cl)cc2)o1)C(c1ccccc1)c1ccccc1. The summed E-state index contributed by atoms with van der Waals surface area (Å²) in [6.45, 7) is 0. The number of furan rings is 1. The van der Waals surface area contributed by atoms with E-state index in [0.717, 1.165) is 16.7 Å². The van der Waals surface area contributed by atoms with Crippen LogP contribution in [0.4, 0.5) is 0 Å². The van der Waals surface area contributed by atoms with Crippen molar-refractivity contribution in [1.29, 1.82) is 0 Å². The Morgan fingerprint density at radius 1 is 0.833 bits per heavy atom. The molecule has 1 amide bonds. The lowest BCUT2D eigenvalue weighted by molar-refractivity contribution is -0.121. The lowest BCUT2D eigenvalue weighted by atomic mass is 9.91. The zero-order valence-corrected chi connectivity index (χ0v) is 16.8.